The first-order valence-corrected chi connectivity index (χ1v) is 9.23. The van der Waals surface area contributed by atoms with Crippen molar-refractivity contribution in [2.45, 2.75) is 37.9 Å². The van der Waals surface area contributed by atoms with E-state index in [0.29, 0.717) is 50.9 Å². The fourth-order valence-corrected chi connectivity index (χ4v) is 3.78. The summed E-state index contributed by atoms with van der Waals surface area (Å²) in [6, 6.07) is 1.57. The van der Waals surface area contributed by atoms with Crippen molar-refractivity contribution in [3.63, 3.8) is 0 Å². The van der Waals surface area contributed by atoms with Gasteiger partial charge in [-0.05, 0) is 38.3 Å². The fourth-order valence-electron chi connectivity index (χ4n) is 3.78. The average molecular weight is 387 g/mol. The van der Waals surface area contributed by atoms with Gasteiger partial charge in [-0.15, -0.1) is 0 Å². The number of piperidine rings is 2. The maximum absolute atomic E-state index is 12.6. The van der Waals surface area contributed by atoms with Gasteiger partial charge in [-0.1, -0.05) is 0 Å². The van der Waals surface area contributed by atoms with Crippen LogP contribution in [0.5, 0.6) is 0 Å². The lowest BCUT2D eigenvalue weighted by Gasteiger charge is -2.35. The molecule has 1 aromatic heterocycles. The van der Waals surface area contributed by atoms with E-state index in [2.05, 4.69) is 5.32 Å². The second kappa shape index (κ2) is 8.33. The second-order valence-electron chi connectivity index (χ2n) is 7.28. The number of rotatable bonds is 4. The summed E-state index contributed by atoms with van der Waals surface area (Å²) in [7, 11) is 0. The van der Waals surface area contributed by atoms with Gasteiger partial charge >= 0.3 is 6.18 Å². The molecule has 27 heavy (non-hydrogen) atoms. The fraction of sp³-hybridized carbons (Fsp3) is 0.667. The molecule has 2 fully saturated rings. The number of amides is 2. The normalized spacial score (nSPS) is 22.6. The first-order valence-electron chi connectivity index (χ1n) is 9.23. The summed E-state index contributed by atoms with van der Waals surface area (Å²) in [4.78, 5) is 27.8. The summed E-state index contributed by atoms with van der Waals surface area (Å²) in [6.07, 6.45) is 1.08. The van der Waals surface area contributed by atoms with Gasteiger partial charge in [-0.25, -0.2) is 0 Å². The molecule has 0 bridgehead atoms. The predicted molar refractivity (Wildman–Crippen MR) is 91.0 cm³/mol. The molecule has 1 atom stereocenters. The van der Waals surface area contributed by atoms with E-state index in [0.717, 1.165) is 0 Å². The van der Waals surface area contributed by atoms with Gasteiger partial charge in [-0.3, -0.25) is 14.5 Å². The van der Waals surface area contributed by atoms with Crippen LogP contribution in [0.1, 0.15) is 36.0 Å². The summed E-state index contributed by atoms with van der Waals surface area (Å²) in [6.45, 7) is 0.603. The Morgan fingerprint density at radius 3 is 2.56 bits per heavy atom. The largest absolute Gasteiger partial charge is 0.472 e. The van der Waals surface area contributed by atoms with Crippen molar-refractivity contribution in [1.82, 2.24) is 15.1 Å². The lowest BCUT2D eigenvalue weighted by molar-refractivity contribution is -0.152. The standard InChI is InChI=1S/C18H24F3N3O3/c19-18(20,21)12-23-6-1-2-13(10-23)16(25)22-15-3-7-24(8-4-15)17(26)14-5-9-27-11-14/h5,9,11,13,15H,1-4,6-8,10,12H2,(H,22,25). The average Bonchev–Trinajstić information content (AvgIpc) is 3.15. The first-order chi connectivity index (χ1) is 12.8. The summed E-state index contributed by atoms with van der Waals surface area (Å²) < 4.78 is 42.6. The van der Waals surface area contributed by atoms with Crippen molar-refractivity contribution in [2.75, 3.05) is 32.7 Å². The zero-order valence-corrected chi connectivity index (χ0v) is 15.0. The third-order valence-electron chi connectivity index (χ3n) is 5.18. The van der Waals surface area contributed by atoms with Crippen LogP contribution in [0, 0.1) is 5.92 Å². The summed E-state index contributed by atoms with van der Waals surface area (Å²) >= 11 is 0. The molecule has 0 aliphatic carbocycles. The van der Waals surface area contributed by atoms with Gasteiger partial charge in [0, 0.05) is 25.7 Å². The number of hydrogen-bond acceptors (Lipinski definition) is 4. The molecule has 0 radical (unpaired) electrons. The second-order valence-corrected chi connectivity index (χ2v) is 7.28. The van der Waals surface area contributed by atoms with Crippen LogP contribution in [0.4, 0.5) is 13.2 Å². The molecule has 0 aromatic carbocycles. The van der Waals surface area contributed by atoms with Crippen molar-refractivity contribution in [3.05, 3.63) is 24.2 Å². The smallest absolute Gasteiger partial charge is 0.401 e. The molecule has 1 aromatic rings. The quantitative estimate of drug-likeness (QED) is 0.861. The molecule has 1 unspecified atom stereocenters. The molecule has 3 heterocycles. The third kappa shape index (κ3) is 5.47. The van der Waals surface area contributed by atoms with E-state index in [-0.39, 0.29) is 24.4 Å². The van der Waals surface area contributed by atoms with E-state index in [1.807, 2.05) is 0 Å². The minimum Gasteiger partial charge on any atom is -0.472 e. The number of carbonyl (C=O) groups is 2. The van der Waals surface area contributed by atoms with Crippen LogP contribution in [0.25, 0.3) is 0 Å². The van der Waals surface area contributed by atoms with Crippen molar-refractivity contribution >= 4 is 11.8 Å². The number of nitrogens with zero attached hydrogens (tertiary/aromatic N) is 2. The first kappa shape index (κ1) is 19.7. The predicted octanol–water partition coefficient (Wildman–Crippen LogP) is 2.27. The summed E-state index contributed by atoms with van der Waals surface area (Å²) in [5.74, 6) is -0.684. The van der Waals surface area contributed by atoms with Gasteiger partial charge in [0.15, 0.2) is 0 Å². The van der Waals surface area contributed by atoms with E-state index in [1.54, 1.807) is 11.0 Å². The number of alkyl halides is 3. The highest BCUT2D eigenvalue weighted by Gasteiger charge is 2.35. The van der Waals surface area contributed by atoms with Gasteiger partial charge in [0.2, 0.25) is 5.91 Å². The van der Waals surface area contributed by atoms with Crippen LogP contribution in [0.2, 0.25) is 0 Å². The maximum atomic E-state index is 12.6. The zero-order valence-electron chi connectivity index (χ0n) is 15.0. The van der Waals surface area contributed by atoms with Crippen LogP contribution in [-0.2, 0) is 4.79 Å². The number of halogens is 3. The highest BCUT2D eigenvalue weighted by Crippen LogP contribution is 2.23. The summed E-state index contributed by atoms with van der Waals surface area (Å²) in [5, 5.41) is 2.96. The van der Waals surface area contributed by atoms with E-state index < -0.39 is 18.6 Å². The molecule has 150 valence electrons. The van der Waals surface area contributed by atoms with Crippen molar-refractivity contribution in [3.8, 4) is 0 Å². The number of nitrogens with one attached hydrogen (secondary N) is 1. The summed E-state index contributed by atoms with van der Waals surface area (Å²) in [5.41, 5.74) is 0.504. The molecule has 2 aliphatic heterocycles. The minimum atomic E-state index is -4.24. The topological polar surface area (TPSA) is 65.8 Å². The lowest BCUT2D eigenvalue weighted by atomic mass is 9.95. The molecule has 1 N–H and O–H groups in total. The van der Waals surface area contributed by atoms with Crippen LogP contribution in [0.3, 0.4) is 0 Å². The third-order valence-corrected chi connectivity index (χ3v) is 5.18. The SMILES string of the molecule is O=C(NC1CCN(C(=O)c2ccoc2)CC1)C1CCCN(CC(F)(F)F)C1. The van der Waals surface area contributed by atoms with Crippen LogP contribution >= 0.6 is 0 Å². The molecule has 2 saturated heterocycles. The monoisotopic (exact) mass is 387 g/mol. The van der Waals surface area contributed by atoms with Crippen molar-refractivity contribution in [2.24, 2.45) is 5.92 Å². The van der Waals surface area contributed by atoms with Crippen LogP contribution in [0.15, 0.2) is 23.0 Å². The van der Waals surface area contributed by atoms with Gasteiger partial charge in [0.05, 0.1) is 24.3 Å². The highest BCUT2D eigenvalue weighted by molar-refractivity contribution is 5.93. The molecular formula is C18H24F3N3O3. The van der Waals surface area contributed by atoms with Gasteiger partial charge in [0.1, 0.15) is 6.26 Å². The molecule has 9 heteroatoms. The number of hydrogen-bond donors (Lipinski definition) is 1. The van der Waals surface area contributed by atoms with Crippen LogP contribution < -0.4 is 5.32 Å². The Hall–Kier alpha value is -2.03. The number of carbonyl (C=O) groups excluding carboxylic acids is 2. The zero-order chi connectivity index (χ0) is 19.4. The molecule has 3 rings (SSSR count). The van der Waals surface area contributed by atoms with Gasteiger partial charge in [-0.2, -0.15) is 13.2 Å². The molecule has 0 saturated carbocycles. The molecule has 2 amide bonds. The van der Waals surface area contributed by atoms with Gasteiger partial charge < -0.3 is 14.6 Å². The van der Waals surface area contributed by atoms with E-state index in [9.17, 15) is 22.8 Å². The highest BCUT2D eigenvalue weighted by atomic mass is 19.4. The minimum absolute atomic E-state index is 0.0520. The molecular weight excluding hydrogens is 363 g/mol. The van der Waals surface area contributed by atoms with Crippen molar-refractivity contribution < 1.29 is 27.2 Å². The maximum Gasteiger partial charge on any atom is 0.401 e. The molecule has 6 nitrogen and oxygen atoms in total. The Morgan fingerprint density at radius 2 is 1.93 bits per heavy atom. The molecule has 2 aliphatic rings. The van der Waals surface area contributed by atoms with Crippen LogP contribution in [-0.4, -0.2) is 66.6 Å². The lowest BCUT2D eigenvalue weighted by Crippen LogP contribution is -2.51. The molecule has 0 spiro atoms. The Kier molecular flexibility index (Phi) is 6.08. The Morgan fingerprint density at radius 1 is 1.19 bits per heavy atom. The van der Waals surface area contributed by atoms with Gasteiger partial charge in [0.25, 0.3) is 5.91 Å². The Balaban J connectivity index is 1.44. The van der Waals surface area contributed by atoms with E-state index >= 15 is 0 Å². The Labute approximate surface area is 155 Å². The Bertz CT molecular complexity index is 640. The van der Waals surface area contributed by atoms with E-state index in [4.69, 9.17) is 4.42 Å². The van der Waals surface area contributed by atoms with Crippen molar-refractivity contribution in [1.29, 1.82) is 0 Å². The van der Waals surface area contributed by atoms with E-state index in [1.165, 1.54) is 17.4 Å². The number of likely N-dealkylation sites (tertiary alicyclic amines) is 2. The number of furan rings is 1.